The molecule has 1 aromatic carbocycles. The summed E-state index contributed by atoms with van der Waals surface area (Å²) in [4.78, 5) is 23.8. The van der Waals surface area contributed by atoms with E-state index in [0.29, 0.717) is 22.7 Å². The number of hydrogen-bond donors (Lipinski definition) is 1. The van der Waals surface area contributed by atoms with Crippen molar-refractivity contribution in [2.45, 2.75) is 13.5 Å². The molecule has 0 atom stereocenters. The Morgan fingerprint density at radius 1 is 1.21 bits per heavy atom. The summed E-state index contributed by atoms with van der Waals surface area (Å²) in [6.45, 7) is 1.80. The summed E-state index contributed by atoms with van der Waals surface area (Å²) in [5.74, 6) is 0.270. The molecular formula is C17H14BrNO5. The molecule has 7 heteroatoms. The zero-order chi connectivity index (χ0) is 17.3. The first-order chi connectivity index (χ1) is 11.5. The zero-order valence-electron chi connectivity index (χ0n) is 13.0. The fraction of sp³-hybridized carbons (Fsp3) is 0.176. The second-order valence-corrected chi connectivity index (χ2v) is 6.07. The quantitative estimate of drug-likeness (QED) is 0.683. The van der Waals surface area contributed by atoms with Gasteiger partial charge in [0, 0.05) is 9.86 Å². The molecule has 124 valence electrons. The van der Waals surface area contributed by atoms with E-state index in [1.807, 2.05) is 12.1 Å². The Morgan fingerprint density at radius 2 is 2.00 bits per heavy atom. The zero-order valence-corrected chi connectivity index (χ0v) is 14.6. The van der Waals surface area contributed by atoms with Crippen molar-refractivity contribution in [3.8, 4) is 0 Å². The van der Waals surface area contributed by atoms with E-state index in [4.69, 9.17) is 8.83 Å². The third-order valence-electron chi connectivity index (χ3n) is 3.50. The topological polar surface area (TPSA) is 81.7 Å². The van der Waals surface area contributed by atoms with E-state index in [0.717, 1.165) is 9.86 Å². The number of methoxy groups -OCH3 is 1. The fourth-order valence-electron chi connectivity index (χ4n) is 2.32. The van der Waals surface area contributed by atoms with Crippen LogP contribution in [0.4, 0.5) is 0 Å². The third-order valence-corrected chi connectivity index (χ3v) is 3.99. The number of aryl methyl sites for hydroxylation is 1. The molecule has 0 aliphatic heterocycles. The van der Waals surface area contributed by atoms with Gasteiger partial charge >= 0.3 is 5.97 Å². The van der Waals surface area contributed by atoms with Crippen molar-refractivity contribution in [2.75, 3.05) is 7.11 Å². The number of rotatable bonds is 4. The fourth-order valence-corrected chi connectivity index (χ4v) is 2.70. The van der Waals surface area contributed by atoms with Crippen LogP contribution in [0.25, 0.3) is 11.0 Å². The van der Waals surface area contributed by atoms with Crippen LogP contribution < -0.4 is 5.32 Å². The minimum Gasteiger partial charge on any atom is -0.465 e. The highest BCUT2D eigenvalue weighted by atomic mass is 79.9. The number of esters is 1. The van der Waals surface area contributed by atoms with E-state index >= 15 is 0 Å². The molecule has 0 bridgehead atoms. The molecule has 0 aliphatic rings. The van der Waals surface area contributed by atoms with Crippen LogP contribution in [0.1, 0.15) is 32.4 Å². The van der Waals surface area contributed by atoms with Crippen molar-refractivity contribution >= 4 is 38.8 Å². The average Bonchev–Trinajstić information content (AvgIpc) is 3.14. The first kappa shape index (κ1) is 16.3. The van der Waals surface area contributed by atoms with Crippen molar-refractivity contribution in [1.29, 1.82) is 0 Å². The second-order valence-electron chi connectivity index (χ2n) is 5.15. The van der Waals surface area contributed by atoms with Crippen molar-refractivity contribution < 1.29 is 23.2 Å². The summed E-state index contributed by atoms with van der Waals surface area (Å²) in [7, 11) is 1.30. The normalized spacial score (nSPS) is 10.8. The SMILES string of the molecule is COC(=O)c1cc(CNC(=O)c2cc3cc(Br)ccc3o2)oc1C. The van der Waals surface area contributed by atoms with Crippen molar-refractivity contribution in [1.82, 2.24) is 5.32 Å². The lowest BCUT2D eigenvalue weighted by Crippen LogP contribution is -2.21. The van der Waals surface area contributed by atoms with Gasteiger partial charge in [0.2, 0.25) is 0 Å². The van der Waals surface area contributed by atoms with E-state index in [2.05, 4.69) is 26.0 Å². The van der Waals surface area contributed by atoms with Gasteiger partial charge in [-0.15, -0.1) is 0 Å². The number of halogens is 1. The first-order valence-electron chi connectivity index (χ1n) is 7.13. The van der Waals surface area contributed by atoms with Gasteiger partial charge in [-0.25, -0.2) is 4.79 Å². The second kappa shape index (κ2) is 6.52. The molecule has 0 spiro atoms. The number of amides is 1. The number of fused-ring (bicyclic) bond motifs is 1. The molecule has 0 aliphatic carbocycles. The molecule has 3 rings (SSSR count). The molecule has 0 saturated carbocycles. The molecule has 0 saturated heterocycles. The number of furan rings is 2. The predicted octanol–water partition coefficient (Wildman–Crippen LogP) is 3.81. The minimum atomic E-state index is -0.475. The highest BCUT2D eigenvalue weighted by molar-refractivity contribution is 9.10. The van der Waals surface area contributed by atoms with Crippen LogP contribution in [-0.4, -0.2) is 19.0 Å². The van der Waals surface area contributed by atoms with Crippen LogP contribution in [0.5, 0.6) is 0 Å². The molecule has 0 fully saturated rings. The number of nitrogens with one attached hydrogen (secondary N) is 1. The maximum absolute atomic E-state index is 12.2. The Balaban J connectivity index is 1.71. The summed E-state index contributed by atoms with van der Waals surface area (Å²) in [6.07, 6.45) is 0. The van der Waals surface area contributed by atoms with Gasteiger partial charge < -0.3 is 18.9 Å². The molecule has 2 heterocycles. The van der Waals surface area contributed by atoms with Gasteiger partial charge in [0.1, 0.15) is 22.7 Å². The number of ether oxygens (including phenoxy) is 1. The van der Waals surface area contributed by atoms with Gasteiger partial charge in [0.25, 0.3) is 5.91 Å². The lowest BCUT2D eigenvalue weighted by atomic mass is 10.2. The standard InChI is InChI=1S/C17H14BrNO5/c1-9-13(17(21)22-2)7-12(23-9)8-19-16(20)15-6-10-5-11(18)3-4-14(10)24-15/h3-7H,8H2,1-2H3,(H,19,20). The molecular weight excluding hydrogens is 378 g/mol. The Morgan fingerprint density at radius 3 is 2.75 bits per heavy atom. The number of benzene rings is 1. The molecule has 3 aromatic rings. The Kier molecular flexibility index (Phi) is 4.44. The van der Waals surface area contributed by atoms with E-state index in [1.54, 1.807) is 25.1 Å². The molecule has 1 amide bonds. The molecule has 2 aromatic heterocycles. The molecule has 1 N–H and O–H groups in total. The van der Waals surface area contributed by atoms with Gasteiger partial charge in [0.15, 0.2) is 5.76 Å². The first-order valence-corrected chi connectivity index (χ1v) is 7.92. The van der Waals surface area contributed by atoms with Gasteiger partial charge in [-0.1, -0.05) is 15.9 Å². The van der Waals surface area contributed by atoms with Gasteiger partial charge in [-0.3, -0.25) is 4.79 Å². The van der Waals surface area contributed by atoms with Crippen LogP contribution >= 0.6 is 15.9 Å². The molecule has 24 heavy (non-hydrogen) atoms. The Bertz CT molecular complexity index is 924. The Hall–Kier alpha value is -2.54. The van der Waals surface area contributed by atoms with Crippen molar-refractivity contribution in [2.24, 2.45) is 0 Å². The lowest BCUT2D eigenvalue weighted by molar-refractivity contribution is 0.0598. The van der Waals surface area contributed by atoms with Gasteiger partial charge in [0.05, 0.1) is 13.7 Å². The van der Waals surface area contributed by atoms with E-state index < -0.39 is 5.97 Å². The van der Waals surface area contributed by atoms with E-state index in [9.17, 15) is 9.59 Å². The summed E-state index contributed by atoms with van der Waals surface area (Å²) in [6, 6.07) is 8.72. The van der Waals surface area contributed by atoms with Crippen molar-refractivity contribution in [3.05, 3.63) is 57.6 Å². The van der Waals surface area contributed by atoms with Crippen LogP contribution in [0, 0.1) is 6.92 Å². The van der Waals surface area contributed by atoms with Crippen LogP contribution in [-0.2, 0) is 11.3 Å². The maximum Gasteiger partial charge on any atom is 0.341 e. The highest BCUT2D eigenvalue weighted by Gasteiger charge is 2.17. The minimum absolute atomic E-state index is 0.136. The number of carbonyl (C=O) groups excluding carboxylic acids is 2. The van der Waals surface area contributed by atoms with E-state index in [-0.39, 0.29) is 18.2 Å². The molecule has 0 unspecified atom stereocenters. The predicted molar refractivity (Wildman–Crippen MR) is 89.9 cm³/mol. The Labute approximate surface area is 145 Å². The van der Waals surface area contributed by atoms with Gasteiger partial charge in [-0.05, 0) is 37.3 Å². The number of carbonyl (C=O) groups is 2. The summed E-state index contributed by atoms with van der Waals surface area (Å²) in [5.41, 5.74) is 0.973. The average molecular weight is 392 g/mol. The summed E-state index contributed by atoms with van der Waals surface area (Å²) < 4.78 is 16.5. The molecule has 6 nitrogen and oxygen atoms in total. The molecule has 0 radical (unpaired) electrons. The smallest absolute Gasteiger partial charge is 0.341 e. The van der Waals surface area contributed by atoms with Gasteiger partial charge in [-0.2, -0.15) is 0 Å². The number of hydrogen-bond acceptors (Lipinski definition) is 5. The highest BCUT2D eigenvalue weighted by Crippen LogP contribution is 2.23. The van der Waals surface area contributed by atoms with Crippen molar-refractivity contribution in [3.63, 3.8) is 0 Å². The summed E-state index contributed by atoms with van der Waals surface area (Å²) in [5, 5.41) is 3.53. The van der Waals surface area contributed by atoms with Crippen LogP contribution in [0.15, 0.2) is 43.6 Å². The summed E-state index contributed by atoms with van der Waals surface area (Å²) >= 11 is 3.37. The maximum atomic E-state index is 12.2. The van der Waals surface area contributed by atoms with Crippen LogP contribution in [0.2, 0.25) is 0 Å². The monoisotopic (exact) mass is 391 g/mol. The van der Waals surface area contributed by atoms with E-state index in [1.165, 1.54) is 7.11 Å². The lowest BCUT2D eigenvalue weighted by Gasteiger charge is -1.99. The van der Waals surface area contributed by atoms with Crippen LogP contribution in [0.3, 0.4) is 0 Å². The third kappa shape index (κ3) is 3.21. The largest absolute Gasteiger partial charge is 0.465 e.